The Morgan fingerprint density at radius 3 is 2.48 bits per heavy atom. The van der Waals surface area contributed by atoms with E-state index >= 15 is 0 Å². The Morgan fingerprint density at radius 1 is 1.29 bits per heavy atom. The van der Waals surface area contributed by atoms with Crippen molar-refractivity contribution in [3.63, 3.8) is 0 Å². The molecule has 0 spiro atoms. The maximum absolute atomic E-state index is 12.8. The summed E-state index contributed by atoms with van der Waals surface area (Å²) in [5.41, 5.74) is 7.65. The quantitative estimate of drug-likeness (QED) is 0.905. The van der Waals surface area contributed by atoms with Crippen molar-refractivity contribution in [2.45, 2.75) is 45.1 Å². The molecule has 1 unspecified atom stereocenters. The van der Waals surface area contributed by atoms with Crippen LogP contribution in [0.1, 0.15) is 31.4 Å². The maximum atomic E-state index is 12.8. The summed E-state index contributed by atoms with van der Waals surface area (Å²) in [6.45, 7) is 8.79. The van der Waals surface area contributed by atoms with Gasteiger partial charge in [0.25, 0.3) is 0 Å². The van der Waals surface area contributed by atoms with Crippen LogP contribution in [0.25, 0.3) is 0 Å². The summed E-state index contributed by atoms with van der Waals surface area (Å²) < 4.78 is 27.3. The Morgan fingerprint density at radius 2 is 1.90 bits per heavy atom. The van der Waals surface area contributed by atoms with Crippen molar-refractivity contribution in [1.29, 1.82) is 0 Å². The predicted molar refractivity (Wildman–Crippen MR) is 88.3 cm³/mol. The second kappa shape index (κ2) is 6.24. The molecule has 1 aliphatic heterocycles. The van der Waals surface area contributed by atoms with E-state index in [1.807, 2.05) is 39.8 Å². The molecule has 21 heavy (non-hydrogen) atoms. The van der Waals surface area contributed by atoms with E-state index in [-0.39, 0.29) is 23.9 Å². The van der Waals surface area contributed by atoms with Gasteiger partial charge in [0.15, 0.2) is 0 Å². The highest BCUT2D eigenvalue weighted by molar-refractivity contribution is 7.89. The van der Waals surface area contributed by atoms with Gasteiger partial charge in [-0.15, -0.1) is 12.4 Å². The fraction of sp³-hybridized carbons (Fsp3) is 0.600. The lowest BCUT2D eigenvalue weighted by molar-refractivity contribution is 0.155. The average molecular weight is 333 g/mol. The van der Waals surface area contributed by atoms with E-state index in [2.05, 4.69) is 0 Å². The van der Waals surface area contributed by atoms with Crippen LogP contribution in [0.4, 0.5) is 0 Å². The van der Waals surface area contributed by atoms with E-state index in [0.717, 1.165) is 11.1 Å². The first-order chi connectivity index (χ1) is 9.14. The van der Waals surface area contributed by atoms with Gasteiger partial charge in [-0.1, -0.05) is 26.0 Å². The lowest BCUT2D eigenvalue weighted by Crippen LogP contribution is -2.53. The monoisotopic (exact) mass is 332 g/mol. The van der Waals surface area contributed by atoms with Crippen molar-refractivity contribution in [2.75, 3.05) is 13.1 Å². The summed E-state index contributed by atoms with van der Waals surface area (Å²) in [5.74, 6) is 0. The molecule has 0 radical (unpaired) electrons. The van der Waals surface area contributed by atoms with Crippen molar-refractivity contribution in [2.24, 2.45) is 11.1 Å². The average Bonchev–Trinajstić information content (AvgIpc) is 2.35. The molecule has 0 amide bonds. The molecule has 2 rings (SSSR count). The van der Waals surface area contributed by atoms with Crippen molar-refractivity contribution in [3.8, 4) is 0 Å². The van der Waals surface area contributed by atoms with Crippen LogP contribution in [0.2, 0.25) is 0 Å². The predicted octanol–water partition coefficient (Wildman–Crippen LogP) is 2.47. The Kier molecular flexibility index (Phi) is 5.48. The SMILES string of the molecule is Cc1ccc(C)c(S(=O)(=O)N2CCC(N)C(C)(C)C2)c1.Cl. The maximum Gasteiger partial charge on any atom is 0.243 e. The minimum atomic E-state index is -3.43. The van der Waals surface area contributed by atoms with Crippen LogP contribution in [0, 0.1) is 19.3 Å². The number of hydrogen-bond donors (Lipinski definition) is 1. The topological polar surface area (TPSA) is 63.4 Å². The Hall–Kier alpha value is -0.620. The lowest BCUT2D eigenvalue weighted by Gasteiger charge is -2.41. The van der Waals surface area contributed by atoms with Gasteiger partial charge in [-0.3, -0.25) is 0 Å². The molecule has 1 saturated heterocycles. The molecule has 120 valence electrons. The van der Waals surface area contributed by atoms with E-state index in [1.165, 1.54) is 0 Å². The first kappa shape index (κ1) is 18.4. The van der Waals surface area contributed by atoms with E-state index in [0.29, 0.717) is 24.4 Å². The number of piperidine rings is 1. The third-order valence-electron chi connectivity index (χ3n) is 4.24. The smallest absolute Gasteiger partial charge is 0.243 e. The number of hydrogen-bond acceptors (Lipinski definition) is 3. The van der Waals surface area contributed by atoms with Crippen LogP contribution in [0.15, 0.2) is 23.1 Å². The van der Waals surface area contributed by atoms with Crippen LogP contribution in [0.3, 0.4) is 0 Å². The minimum absolute atomic E-state index is 0. The van der Waals surface area contributed by atoms with Gasteiger partial charge < -0.3 is 5.73 Å². The number of nitrogens with zero attached hydrogens (tertiary/aromatic N) is 1. The Labute approximate surface area is 134 Å². The van der Waals surface area contributed by atoms with E-state index in [9.17, 15) is 8.42 Å². The van der Waals surface area contributed by atoms with Gasteiger partial charge in [-0.05, 0) is 42.9 Å². The number of rotatable bonds is 2. The third kappa shape index (κ3) is 3.59. The molecule has 1 aromatic carbocycles. The zero-order valence-electron chi connectivity index (χ0n) is 13.1. The fourth-order valence-corrected chi connectivity index (χ4v) is 4.59. The highest BCUT2D eigenvalue weighted by Crippen LogP contribution is 2.32. The molecule has 1 aliphatic rings. The van der Waals surface area contributed by atoms with Crippen LogP contribution in [0.5, 0.6) is 0 Å². The van der Waals surface area contributed by atoms with Gasteiger partial charge in [-0.2, -0.15) is 4.31 Å². The molecule has 0 saturated carbocycles. The van der Waals surface area contributed by atoms with E-state index in [4.69, 9.17) is 5.73 Å². The molecule has 0 aromatic heterocycles. The van der Waals surface area contributed by atoms with Gasteiger partial charge in [0, 0.05) is 19.1 Å². The second-order valence-electron chi connectivity index (χ2n) is 6.49. The zero-order valence-corrected chi connectivity index (χ0v) is 14.7. The molecular formula is C15H25ClN2O2S. The lowest BCUT2D eigenvalue weighted by atomic mass is 9.81. The minimum Gasteiger partial charge on any atom is -0.327 e. The number of aryl methyl sites for hydroxylation is 2. The molecule has 4 nitrogen and oxygen atoms in total. The number of nitrogens with two attached hydrogens (primary N) is 1. The van der Waals surface area contributed by atoms with Crippen LogP contribution < -0.4 is 5.73 Å². The largest absolute Gasteiger partial charge is 0.327 e. The summed E-state index contributed by atoms with van der Waals surface area (Å²) in [4.78, 5) is 0.420. The number of sulfonamides is 1. The van der Waals surface area contributed by atoms with Gasteiger partial charge in [0.05, 0.1) is 4.90 Å². The highest BCUT2D eigenvalue weighted by atomic mass is 35.5. The molecule has 1 atom stereocenters. The van der Waals surface area contributed by atoms with Gasteiger partial charge in [0.1, 0.15) is 0 Å². The van der Waals surface area contributed by atoms with E-state index < -0.39 is 10.0 Å². The summed E-state index contributed by atoms with van der Waals surface area (Å²) in [6.07, 6.45) is 0.705. The molecule has 1 heterocycles. The van der Waals surface area contributed by atoms with Crippen LogP contribution in [-0.4, -0.2) is 31.9 Å². The van der Waals surface area contributed by atoms with Crippen LogP contribution in [-0.2, 0) is 10.0 Å². The summed E-state index contributed by atoms with van der Waals surface area (Å²) in [5, 5.41) is 0. The number of benzene rings is 1. The van der Waals surface area contributed by atoms with Gasteiger partial charge >= 0.3 is 0 Å². The van der Waals surface area contributed by atoms with Crippen molar-refractivity contribution in [1.82, 2.24) is 4.31 Å². The highest BCUT2D eigenvalue weighted by Gasteiger charge is 2.39. The normalized spacial score (nSPS) is 22.6. The first-order valence-corrected chi connectivity index (χ1v) is 8.41. The van der Waals surface area contributed by atoms with Crippen LogP contribution >= 0.6 is 12.4 Å². The summed E-state index contributed by atoms with van der Waals surface area (Å²) in [6, 6.07) is 5.60. The molecule has 6 heteroatoms. The molecule has 1 fully saturated rings. The molecular weight excluding hydrogens is 308 g/mol. The van der Waals surface area contributed by atoms with Crippen molar-refractivity contribution < 1.29 is 8.42 Å². The second-order valence-corrected chi connectivity index (χ2v) is 8.40. The molecule has 1 aromatic rings. The Bertz CT molecular complexity index is 614. The summed E-state index contributed by atoms with van der Waals surface area (Å²) >= 11 is 0. The molecule has 2 N–H and O–H groups in total. The third-order valence-corrected chi connectivity index (χ3v) is 6.23. The van der Waals surface area contributed by atoms with Gasteiger partial charge in [0.2, 0.25) is 10.0 Å². The Balaban J connectivity index is 0.00000220. The fourth-order valence-electron chi connectivity index (χ4n) is 2.65. The van der Waals surface area contributed by atoms with Crippen molar-refractivity contribution in [3.05, 3.63) is 29.3 Å². The van der Waals surface area contributed by atoms with Gasteiger partial charge in [-0.25, -0.2) is 8.42 Å². The molecule has 0 aliphatic carbocycles. The molecule has 0 bridgehead atoms. The standard InChI is InChI=1S/C15H24N2O2S.ClH/c1-11-5-6-12(2)13(9-11)20(18,19)17-8-7-14(16)15(3,4)10-17;/h5-6,9,14H,7-8,10,16H2,1-4H3;1H. The van der Waals surface area contributed by atoms with E-state index in [1.54, 1.807) is 10.4 Å². The van der Waals surface area contributed by atoms with Crippen molar-refractivity contribution >= 4 is 22.4 Å². The number of halogens is 1. The first-order valence-electron chi connectivity index (χ1n) is 6.97. The summed E-state index contributed by atoms with van der Waals surface area (Å²) in [7, 11) is -3.43. The zero-order chi connectivity index (χ0) is 15.1.